The van der Waals surface area contributed by atoms with Crippen molar-refractivity contribution in [3.8, 4) is 0 Å². The van der Waals surface area contributed by atoms with Gasteiger partial charge in [-0.15, -0.1) is 0 Å². The minimum Gasteiger partial charge on any atom is -0.360 e. The van der Waals surface area contributed by atoms with Gasteiger partial charge in [-0.25, -0.2) is 0 Å². The monoisotopic (exact) mass is 274 g/mol. The van der Waals surface area contributed by atoms with Gasteiger partial charge in [0.05, 0.1) is 6.20 Å². The summed E-state index contributed by atoms with van der Waals surface area (Å²) in [7, 11) is 1.85. The zero-order chi connectivity index (χ0) is 14.1. The molecule has 6 heteroatoms. The number of carbonyl (C=O) groups is 1. The fourth-order valence-corrected chi connectivity index (χ4v) is 2.59. The molecule has 2 aromatic rings. The largest absolute Gasteiger partial charge is 0.360 e. The van der Waals surface area contributed by atoms with Crippen molar-refractivity contribution in [3.63, 3.8) is 0 Å². The van der Waals surface area contributed by atoms with Gasteiger partial charge in [-0.2, -0.15) is 5.10 Å². The van der Waals surface area contributed by atoms with E-state index in [0.29, 0.717) is 18.2 Å². The maximum atomic E-state index is 12.2. The Balaban J connectivity index is 1.70. The van der Waals surface area contributed by atoms with Crippen LogP contribution < -0.4 is 5.32 Å². The minimum atomic E-state index is -0.173. The van der Waals surface area contributed by atoms with Gasteiger partial charge in [-0.05, 0) is 18.8 Å². The van der Waals surface area contributed by atoms with Crippen molar-refractivity contribution in [2.24, 2.45) is 13.0 Å². The number of aromatic nitrogens is 3. The van der Waals surface area contributed by atoms with Crippen LogP contribution in [-0.4, -0.2) is 20.8 Å². The molecular weight excluding hydrogens is 256 g/mol. The van der Waals surface area contributed by atoms with Gasteiger partial charge < -0.3 is 9.84 Å². The smallest absolute Gasteiger partial charge is 0.274 e. The van der Waals surface area contributed by atoms with Crippen LogP contribution in [0.4, 0.5) is 0 Å². The first-order valence-electron chi connectivity index (χ1n) is 6.86. The molecule has 0 aliphatic heterocycles. The fourth-order valence-electron chi connectivity index (χ4n) is 2.59. The Morgan fingerprint density at radius 3 is 3.20 bits per heavy atom. The Hall–Kier alpha value is -2.11. The molecule has 106 valence electrons. The molecule has 1 unspecified atom stereocenters. The number of nitrogens with zero attached hydrogens (tertiary/aromatic N) is 3. The van der Waals surface area contributed by atoms with E-state index in [4.69, 9.17) is 4.52 Å². The van der Waals surface area contributed by atoms with Crippen LogP contribution in [0.25, 0.3) is 0 Å². The van der Waals surface area contributed by atoms with Crippen molar-refractivity contribution in [2.75, 3.05) is 0 Å². The van der Waals surface area contributed by atoms with E-state index < -0.39 is 0 Å². The van der Waals surface area contributed by atoms with Crippen molar-refractivity contribution in [2.45, 2.75) is 32.7 Å². The summed E-state index contributed by atoms with van der Waals surface area (Å²) in [5.41, 5.74) is 2.38. The first-order valence-corrected chi connectivity index (χ1v) is 6.86. The lowest BCUT2D eigenvalue weighted by Gasteiger charge is -2.16. The summed E-state index contributed by atoms with van der Waals surface area (Å²) >= 11 is 0. The van der Waals surface area contributed by atoms with Gasteiger partial charge in [-0.3, -0.25) is 9.48 Å². The predicted octanol–water partition coefficient (Wildman–Crippen LogP) is 1.46. The number of fused-ring (bicyclic) bond motifs is 1. The summed E-state index contributed by atoms with van der Waals surface area (Å²) in [6.07, 6.45) is 6.45. The van der Waals surface area contributed by atoms with E-state index in [2.05, 4.69) is 22.5 Å². The topological polar surface area (TPSA) is 73.0 Å². The zero-order valence-electron chi connectivity index (χ0n) is 11.7. The van der Waals surface area contributed by atoms with Gasteiger partial charge in [0.25, 0.3) is 5.91 Å². The van der Waals surface area contributed by atoms with Crippen molar-refractivity contribution in [1.29, 1.82) is 0 Å². The Morgan fingerprint density at radius 1 is 1.60 bits per heavy atom. The van der Waals surface area contributed by atoms with Crippen LogP contribution in [-0.2, 0) is 26.4 Å². The molecule has 1 atom stereocenters. The first kappa shape index (κ1) is 12.9. The Bertz CT molecular complexity index is 629. The van der Waals surface area contributed by atoms with Crippen LogP contribution in [0.1, 0.15) is 40.7 Å². The number of amides is 1. The van der Waals surface area contributed by atoms with E-state index in [1.165, 1.54) is 0 Å². The van der Waals surface area contributed by atoms with Crippen LogP contribution in [0.3, 0.4) is 0 Å². The summed E-state index contributed by atoms with van der Waals surface area (Å²) in [5.74, 6) is 1.27. The summed E-state index contributed by atoms with van der Waals surface area (Å²) < 4.78 is 6.99. The maximum Gasteiger partial charge on any atom is 0.274 e. The number of hydrogen-bond donors (Lipinski definition) is 1. The van der Waals surface area contributed by atoms with E-state index in [0.717, 1.165) is 36.1 Å². The van der Waals surface area contributed by atoms with Gasteiger partial charge in [0.1, 0.15) is 5.76 Å². The van der Waals surface area contributed by atoms with Crippen molar-refractivity contribution in [1.82, 2.24) is 20.3 Å². The molecule has 0 radical (unpaired) electrons. The van der Waals surface area contributed by atoms with Crippen LogP contribution in [0, 0.1) is 5.92 Å². The Morgan fingerprint density at radius 2 is 2.45 bits per heavy atom. The Kier molecular flexibility index (Phi) is 3.30. The lowest BCUT2D eigenvalue weighted by atomic mass is 9.88. The van der Waals surface area contributed by atoms with Gasteiger partial charge in [0, 0.05) is 37.3 Å². The Labute approximate surface area is 117 Å². The molecule has 2 heterocycles. The van der Waals surface area contributed by atoms with E-state index in [1.807, 2.05) is 13.2 Å². The second kappa shape index (κ2) is 5.11. The zero-order valence-corrected chi connectivity index (χ0v) is 11.7. The third-order valence-corrected chi connectivity index (χ3v) is 3.71. The third-order valence-electron chi connectivity index (χ3n) is 3.71. The highest BCUT2D eigenvalue weighted by Gasteiger charge is 2.26. The summed E-state index contributed by atoms with van der Waals surface area (Å²) in [5, 5.41) is 10.9. The van der Waals surface area contributed by atoms with Gasteiger partial charge >= 0.3 is 0 Å². The van der Waals surface area contributed by atoms with Gasteiger partial charge in [0.2, 0.25) is 0 Å². The highest BCUT2D eigenvalue weighted by molar-refractivity contribution is 5.93. The highest BCUT2D eigenvalue weighted by atomic mass is 16.5. The lowest BCUT2D eigenvalue weighted by Crippen LogP contribution is -2.25. The van der Waals surface area contributed by atoms with Gasteiger partial charge in [-0.1, -0.05) is 12.1 Å². The summed E-state index contributed by atoms with van der Waals surface area (Å²) in [4.78, 5) is 12.2. The molecule has 0 saturated carbocycles. The van der Waals surface area contributed by atoms with E-state index in [1.54, 1.807) is 10.9 Å². The molecule has 0 spiro atoms. The number of hydrogen-bond acceptors (Lipinski definition) is 4. The number of nitrogens with one attached hydrogen (secondary N) is 1. The predicted molar refractivity (Wildman–Crippen MR) is 72.1 cm³/mol. The highest BCUT2D eigenvalue weighted by Crippen LogP contribution is 2.27. The second-order valence-corrected chi connectivity index (χ2v) is 5.49. The average Bonchev–Trinajstić information content (AvgIpc) is 3.02. The molecule has 0 aromatic carbocycles. The normalized spacial score (nSPS) is 17.8. The van der Waals surface area contributed by atoms with Crippen LogP contribution in [0.15, 0.2) is 16.9 Å². The van der Waals surface area contributed by atoms with Crippen LogP contribution in [0.5, 0.6) is 0 Å². The molecule has 1 amide bonds. The van der Waals surface area contributed by atoms with Crippen molar-refractivity contribution >= 4 is 5.91 Å². The second-order valence-electron chi connectivity index (χ2n) is 5.49. The van der Waals surface area contributed by atoms with Crippen molar-refractivity contribution in [3.05, 3.63) is 35.0 Å². The molecule has 1 N–H and O–H groups in total. The molecule has 1 aliphatic carbocycles. The van der Waals surface area contributed by atoms with E-state index in [9.17, 15) is 4.79 Å². The van der Waals surface area contributed by atoms with Gasteiger partial charge in [0.15, 0.2) is 5.69 Å². The van der Waals surface area contributed by atoms with Crippen LogP contribution >= 0.6 is 0 Å². The number of aryl methyl sites for hydroxylation is 2. The number of rotatable bonds is 3. The third kappa shape index (κ3) is 2.45. The molecule has 3 rings (SSSR count). The molecule has 6 nitrogen and oxygen atoms in total. The lowest BCUT2D eigenvalue weighted by molar-refractivity contribution is 0.0941. The molecular formula is C14H18N4O2. The van der Waals surface area contributed by atoms with Crippen LogP contribution in [0.2, 0.25) is 0 Å². The number of carbonyl (C=O) groups excluding carboxylic acids is 1. The average molecular weight is 274 g/mol. The molecule has 1 aliphatic rings. The van der Waals surface area contributed by atoms with Crippen molar-refractivity contribution < 1.29 is 9.32 Å². The quantitative estimate of drug-likeness (QED) is 0.919. The SMILES string of the molecule is CC1CCc2onc(C(=O)NCc3cnn(C)c3)c2C1. The molecule has 0 saturated heterocycles. The molecule has 0 fully saturated rings. The van der Waals surface area contributed by atoms with E-state index >= 15 is 0 Å². The standard InChI is InChI=1S/C14H18N4O2/c1-9-3-4-12-11(5-9)13(17-20-12)14(19)15-6-10-7-16-18(2)8-10/h7-9H,3-6H2,1-2H3,(H,15,19). The first-order chi connectivity index (χ1) is 9.63. The molecule has 0 bridgehead atoms. The fraction of sp³-hybridized carbons (Fsp3) is 0.500. The van der Waals surface area contributed by atoms with E-state index in [-0.39, 0.29) is 5.91 Å². The summed E-state index contributed by atoms with van der Waals surface area (Å²) in [6, 6.07) is 0. The molecule has 2 aromatic heterocycles. The minimum absolute atomic E-state index is 0.173. The summed E-state index contributed by atoms with van der Waals surface area (Å²) in [6.45, 7) is 2.64. The maximum absolute atomic E-state index is 12.2. The molecule has 20 heavy (non-hydrogen) atoms.